The zero-order valence-electron chi connectivity index (χ0n) is 10.2. The lowest BCUT2D eigenvalue weighted by molar-refractivity contribution is 0.201. The van der Waals surface area contributed by atoms with Gasteiger partial charge in [0.05, 0.1) is 0 Å². The first-order valence-corrected chi connectivity index (χ1v) is 6.33. The van der Waals surface area contributed by atoms with E-state index in [0.29, 0.717) is 6.04 Å². The normalized spacial score (nSPS) is 22.2. The Balaban J connectivity index is 1.92. The second kappa shape index (κ2) is 5.46. The molecule has 1 saturated heterocycles. The molecule has 1 unspecified atom stereocenters. The van der Waals surface area contributed by atoms with Crippen molar-refractivity contribution in [3.05, 3.63) is 35.4 Å². The highest BCUT2D eigenvalue weighted by molar-refractivity contribution is 5.22. The Morgan fingerprint density at radius 3 is 2.56 bits per heavy atom. The van der Waals surface area contributed by atoms with Gasteiger partial charge in [-0.25, -0.2) is 0 Å². The van der Waals surface area contributed by atoms with E-state index in [-0.39, 0.29) is 0 Å². The first-order valence-electron chi connectivity index (χ1n) is 6.33. The SMILES string of the molecule is CCc1ccc(CN2CCCC(N)C2)cc1. The van der Waals surface area contributed by atoms with Crippen LogP contribution in [0.5, 0.6) is 0 Å². The van der Waals surface area contributed by atoms with E-state index in [9.17, 15) is 0 Å². The van der Waals surface area contributed by atoms with Crippen molar-refractivity contribution >= 4 is 0 Å². The molecular weight excluding hydrogens is 196 g/mol. The second-order valence-corrected chi connectivity index (χ2v) is 4.81. The Bertz CT molecular complexity index is 318. The van der Waals surface area contributed by atoms with Crippen molar-refractivity contribution in [2.75, 3.05) is 13.1 Å². The minimum absolute atomic E-state index is 0.378. The van der Waals surface area contributed by atoms with Crippen LogP contribution in [0.25, 0.3) is 0 Å². The van der Waals surface area contributed by atoms with Crippen molar-refractivity contribution in [1.82, 2.24) is 4.90 Å². The maximum Gasteiger partial charge on any atom is 0.0234 e. The van der Waals surface area contributed by atoms with Crippen LogP contribution < -0.4 is 5.73 Å². The fraction of sp³-hybridized carbons (Fsp3) is 0.571. The molecule has 2 rings (SSSR count). The minimum atomic E-state index is 0.378. The van der Waals surface area contributed by atoms with Crippen LogP contribution in [0.3, 0.4) is 0 Å². The molecule has 0 aliphatic carbocycles. The Labute approximate surface area is 98.4 Å². The third-order valence-electron chi connectivity index (χ3n) is 3.38. The van der Waals surface area contributed by atoms with Gasteiger partial charge in [0.2, 0.25) is 0 Å². The van der Waals surface area contributed by atoms with E-state index >= 15 is 0 Å². The molecule has 1 aliphatic heterocycles. The zero-order chi connectivity index (χ0) is 11.4. The molecule has 1 heterocycles. The quantitative estimate of drug-likeness (QED) is 0.842. The smallest absolute Gasteiger partial charge is 0.0234 e. The van der Waals surface area contributed by atoms with Gasteiger partial charge in [-0.05, 0) is 36.9 Å². The summed E-state index contributed by atoms with van der Waals surface area (Å²) in [5, 5.41) is 0. The van der Waals surface area contributed by atoms with Crippen molar-refractivity contribution in [3.8, 4) is 0 Å². The van der Waals surface area contributed by atoms with E-state index in [0.717, 1.165) is 19.5 Å². The molecule has 2 nitrogen and oxygen atoms in total. The summed E-state index contributed by atoms with van der Waals surface area (Å²) in [6.45, 7) is 5.50. The van der Waals surface area contributed by atoms with Gasteiger partial charge in [0, 0.05) is 19.1 Å². The number of hydrogen-bond donors (Lipinski definition) is 1. The summed E-state index contributed by atoms with van der Waals surface area (Å²) in [5.74, 6) is 0. The van der Waals surface area contributed by atoms with Gasteiger partial charge in [-0.15, -0.1) is 0 Å². The molecule has 0 saturated carbocycles. The van der Waals surface area contributed by atoms with E-state index < -0.39 is 0 Å². The van der Waals surface area contributed by atoms with Crippen LogP contribution in [-0.4, -0.2) is 24.0 Å². The number of piperidine rings is 1. The molecule has 16 heavy (non-hydrogen) atoms. The molecule has 2 heteroatoms. The van der Waals surface area contributed by atoms with E-state index in [1.54, 1.807) is 0 Å². The highest BCUT2D eigenvalue weighted by Gasteiger charge is 2.16. The summed E-state index contributed by atoms with van der Waals surface area (Å²) in [4.78, 5) is 2.47. The van der Waals surface area contributed by atoms with Crippen LogP contribution in [0.2, 0.25) is 0 Å². The van der Waals surface area contributed by atoms with Gasteiger partial charge in [0.25, 0.3) is 0 Å². The van der Waals surface area contributed by atoms with Crippen LogP contribution in [0.1, 0.15) is 30.9 Å². The molecule has 1 atom stereocenters. The molecule has 1 fully saturated rings. The third kappa shape index (κ3) is 3.06. The predicted molar refractivity (Wildman–Crippen MR) is 68.3 cm³/mol. The number of hydrogen-bond acceptors (Lipinski definition) is 2. The van der Waals surface area contributed by atoms with Crippen LogP contribution >= 0.6 is 0 Å². The average Bonchev–Trinajstić information content (AvgIpc) is 2.30. The number of rotatable bonds is 3. The van der Waals surface area contributed by atoms with Crippen molar-refractivity contribution in [3.63, 3.8) is 0 Å². The molecule has 2 N–H and O–H groups in total. The molecule has 1 aromatic rings. The van der Waals surface area contributed by atoms with Gasteiger partial charge in [-0.1, -0.05) is 31.2 Å². The topological polar surface area (TPSA) is 29.3 Å². The van der Waals surface area contributed by atoms with Gasteiger partial charge in [0.15, 0.2) is 0 Å². The summed E-state index contributed by atoms with van der Waals surface area (Å²) >= 11 is 0. The molecule has 0 radical (unpaired) electrons. The van der Waals surface area contributed by atoms with E-state index in [1.165, 1.54) is 30.5 Å². The Hall–Kier alpha value is -0.860. The summed E-state index contributed by atoms with van der Waals surface area (Å²) in [5.41, 5.74) is 8.81. The summed E-state index contributed by atoms with van der Waals surface area (Å²) in [7, 11) is 0. The standard InChI is InChI=1S/C14H22N2/c1-2-12-5-7-13(8-6-12)10-16-9-3-4-14(15)11-16/h5-8,14H,2-4,9-11,15H2,1H3. The Morgan fingerprint density at radius 2 is 1.94 bits per heavy atom. The molecule has 0 aromatic heterocycles. The summed E-state index contributed by atoms with van der Waals surface area (Å²) in [6.07, 6.45) is 3.55. The molecule has 0 bridgehead atoms. The third-order valence-corrected chi connectivity index (χ3v) is 3.38. The lowest BCUT2D eigenvalue weighted by atomic mass is 10.0. The molecule has 0 amide bonds. The van der Waals surface area contributed by atoms with E-state index in [4.69, 9.17) is 5.73 Å². The van der Waals surface area contributed by atoms with Gasteiger partial charge in [-0.2, -0.15) is 0 Å². The van der Waals surface area contributed by atoms with E-state index in [1.807, 2.05) is 0 Å². The average molecular weight is 218 g/mol. The molecule has 88 valence electrons. The largest absolute Gasteiger partial charge is 0.327 e. The maximum absolute atomic E-state index is 5.98. The number of nitrogens with zero attached hydrogens (tertiary/aromatic N) is 1. The van der Waals surface area contributed by atoms with Crippen LogP contribution in [-0.2, 0) is 13.0 Å². The maximum atomic E-state index is 5.98. The van der Waals surface area contributed by atoms with Gasteiger partial charge >= 0.3 is 0 Å². The van der Waals surface area contributed by atoms with Crippen molar-refractivity contribution < 1.29 is 0 Å². The lowest BCUT2D eigenvalue weighted by Gasteiger charge is -2.30. The number of benzene rings is 1. The fourth-order valence-electron chi connectivity index (χ4n) is 2.37. The van der Waals surface area contributed by atoms with E-state index in [2.05, 4.69) is 36.1 Å². The number of aryl methyl sites for hydroxylation is 1. The van der Waals surface area contributed by atoms with Gasteiger partial charge < -0.3 is 5.73 Å². The Morgan fingerprint density at radius 1 is 1.25 bits per heavy atom. The molecule has 1 aromatic carbocycles. The Kier molecular flexibility index (Phi) is 3.97. The fourth-order valence-corrected chi connectivity index (χ4v) is 2.37. The second-order valence-electron chi connectivity index (χ2n) is 4.81. The van der Waals surface area contributed by atoms with Gasteiger partial charge in [-0.3, -0.25) is 4.90 Å². The van der Waals surface area contributed by atoms with Crippen molar-refractivity contribution in [1.29, 1.82) is 0 Å². The number of nitrogens with two attached hydrogens (primary N) is 1. The van der Waals surface area contributed by atoms with Crippen LogP contribution in [0.15, 0.2) is 24.3 Å². The van der Waals surface area contributed by atoms with Crippen molar-refractivity contribution in [2.45, 2.75) is 38.8 Å². The highest BCUT2D eigenvalue weighted by atomic mass is 15.1. The molecule has 1 aliphatic rings. The molecule has 0 spiro atoms. The summed E-state index contributed by atoms with van der Waals surface area (Å²) in [6, 6.07) is 9.35. The molecular formula is C14H22N2. The number of likely N-dealkylation sites (tertiary alicyclic amines) is 1. The lowest BCUT2D eigenvalue weighted by Crippen LogP contribution is -2.42. The monoisotopic (exact) mass is 218 g/mol. The predicted octanol–water partition coefficient (Wildman–Crippen LogP) is 2.17. The van der Waals surface area contributed by atoms with Gasteiger partial charge in [0.1, 0.15) is 0 Å². The first-order chi connectivity index (χ1) is 7.78. The minimum Gasteiger partial charge on any atom is -0.327 e. The van der Waals surface area contributed by atoms with Crippen LogP contribution in [0, 0.1) is 0 Å². The summed E-state index contributed by atoms with van der Waals surface area (Å²) < 4.78 is 0. The zero-order valence-corrected chi connectivity index (χ0v) is 10.2. The van der Waals surface area contributed by atoms with Crippen LogP contribution in [0.4, 0.5) is 0 Å². The first kappa shape index (κ1) is 11.6. The highest BCUT2D eigenvalue weighted by Crippen LogP contribution is 2.13. The van der Waals surface area contributed by atoms with Crippen molar-refractivity contribution in [2.24, 2.45) is 5.73 Å².